The van der Waals surface area contributed by atoms with E-state index in [-0.39, 0.29) is 102 Å². The summed E-state index contributed by atoms with van der Waals surface area (Å²) in [5, 5.41) is 16.9. The number of carbonyl (C=O) groups excluding carboxylic acids is 4. The second-order valence-electron chi connectivity index (χ2n) is 23.5. The molecule has 4 amide bonds. The molecule has 21 heteroatoms. The molecule has 4 aromatic heterocycles. The molecule has 0 radical (unpaired) electrons. The van der Waals surface area contributed by atoms with Gasteiger partial charge >= 0.3 is 5.69 Å². The van der Waals surface area contributed by atoms with Crippen LogP contribution in [0, 0.1) is 36.8 Å². The average molecular weight is 1160 g/mol. The van der Waals surface area contributed by atoms with Crippen LogP contribution in [0.15, 0.2) is 83.8 Å². The molecule has 4 atom stereocenters. The quantitative estimate of drug-likeness (QED) is 0.0701. The maximum atomic E-state index is 16.9. The minimum absolute atomic E-state index is 0.0234. The number of nitrogens with zero attached hydrogens (tertiary/aromatic N) is 9. The SMILES string of the molecule is C=CC(=O)N1CCN(c2nc(=O)n(-c3c(C)ccnc3C(C)C)c3nc(-c4c(F)cccc4OCC4CCN(CCCC(=O)N[C@H](C(=O)N5C[C@H](O)C[C@H]5C(=O)NCc5ccc(-c6scnc6C)cc5)C(C)(C)C)CC4)c(F)cc23)[C@@H](C)C1. The molecule has 3 fully saturated rings. The first-order valence-corrected chi connectivity index (χ1v) is 29.5. The van der Waals surface area contributed by atoms with Crippen LogP contribution in [0.2, 0.25) is 0 Å². The summed E-state index contributed by atoms with van der Waals surface area (Å²) in [5.74, 6) is -2.68. The summed E-state index contributed by atoms with van der Waals surface area (Å²) in [6.07, 6.45) is 4.31. The Bertz CT molecular complexity index is 3450. The number of β-amino-alcohol motifs (C(OH)–C–C–N with tert-alkyl or cyclic N) is 1. The Morgan fingerprint density at radius 2 is 1.71 bits per heavy atom. The number of rotatable bonds is 18. The zero-order valence-electron chi connectivity index (χ0n) is 48.6. The van der Waals surface area contributed by atoms with Gasteiger partial charge in [0.15, 0.2) is 11.5 Å². The topological polar surface area (TPSA) is 208 Å². The maximum Gasteiger partial charge on any atom is 0.355 e. The molecule has 0 aliphatic carbocycles. The monoisotopic (exact) mass is 1160 g/mol. The lowest BCUT2D eigenvalue weighted by molar-refractivity contribution is -0.144. The number of aliphatic hydroxyl groups excluding tert-OH is 1. The summed E-state index contributed by atoms with van der Waals surface area (Å²) in [7, 11) is 0. The number of aryl methyl sites for hydroxylation is 2. The number of nitrogens with one attached hydrogen (secondary N) is 2. The summed E-state index contributed by atoms with van der Waals surface area (Å²) in [6.45, 7) is 22.2. The number of hydrogen-bond acceptors (Lipinski definition) is 14. The molecule has 2 aromatic carbocycles. The number of ether oxygens (including phenoxy) is 1. The molecule has 18 nitrogen and oxygen atoms in total. The van der Waals surface area contributed by atoms with Crippen molar-refractivity contribution in [1.29, 1.82) is 0 Å². The fourth-order valence-electron chi connectivity index (χ4n) is 11.5. The van der Waals surface area contributed by atoms with Gasteiger partial charge in [0.1, 0.15) is 35.2 Å². The van der Waals surface area contributed by atoms with E-state index < -0.39 is 46.8 Å². The number of aromatic nitrogens is 5. The molecule has 83 heavy (non-hydrogen) atoms. The van der Waals surface area contributed by atoms with Gasteiger partial charge in [0.25, 0.3) is 0 Å². The van der Waals surface area contributed by atoms with Gasteiger partial charge in [-0.2, -0.15) is 4.98 Å². The summed E-state index contributed by atoms with van der Waals surface area (Å²) in [6, 6.07) is 13.0. The third-order valence-corrected chi connectivity index (χ3v) is 17.1. The fourth-order valence-corrected chi connectivity index (χ4v) is 12.3. The van der Waals surface area contributed by atoms with Gasteiger partial charge in [-0.3, -0.25) is 24.2 Å². The highest BCUT2D eigenvalue weighted by Gasteiger charge is 2.44. The van der Waals surface area contributed by atoms with Gasteiger partial charge in [-0.1, -0.05) is 71.5 Å². The third-order valence-electron chi connectivity index (χ3n) is 16.1. The summed E-state index contributed by atoms with van der Waals surface area (Å²) in [4.78, 5) is 95.1. The fraction of sp³-hybridized carbons (Fsp3) is 0.468. The van der Waals surface area contributed by atoms with Crippen molar-refractivity contribution in [2.24, 2.45) is 11.3 Å². The van der Waals surface area contributed by atoms with Crippen molar-refractivity contribution in [3.8, 4) is 33.1 Å². The first-order chi connectivity index (χ1) is 39.6. The number of piperazine rings is 1. The van der Waals surface area contributed by atoms with Gasteiger partial charge in [0, 0.05) is 57.8 Å². The van der Waals surface area contributed by atoms with E-state index >= 15 is 8.78 Å². The van der Waals surface area contributed by atoms with Crippen LogP contribution in [0.4, 0.5) is 14.6 Å². The van der Waals surface area contributed by atoms with E-state index in [9.17, 15) is 29.1 Å². The van der Waals surface area contributed by atoms with Crippen molar-refractivity contribution >= 4 is 51.8 Å². The maximum absolute atomic E-state index is 16.9. The van der Waals surface area contributed by atoms with Crippen LogP contribution in [0.3, 0.4) is 0 Å². The smallest absolute Gasteiger partial charge is 0.355 e. The molecule has 0 bridgehead atoms. The summed E-state index contributed by atoms with van der Waals surface area (Å²) < 4.78 is 41.0. The summed E-state index contributed by atoms with van der Waals surface area (Å²) >= 11 is 1.56. The number of aliphatic hydroxyl groups is 1. The van der Waals surface area contributed by atoms with E-state index in [0.717, 1.165) is 34.5 Å². The van der Waals surface area contributed by atoms with Crippen LogP contribution in [0.1, 0.15) is 102 Å². The van der Waals surface area contributed by atoms with Crippen molar-refractivity contribution < 1.29 is 37.8 Å². The third kappa shape index (κ3) is 13.3. The number of fused-ring (bicyclic) bond motifs is 1. The number of amides is 4. The Kier molecular flexibility index (Phi) is 18.5. The van der Waals surface area contributed by atoms with Gasteiger partial charge in [-0.15, -0.1) is 11.3 Å². The van der Waals surface area contributed by atoms with Crippen molar-refractivity contribution in [3.05, 3.63) is 124 Å². The van der Waals surface area contributed by atoms with E-state index in [1.807, 2.05) is 90.1 Å². The van der Waals surface area contributed by atoms with Crippen LogP contribution in [-0.4, -0.2) is 145 Å². The number of benzene rings is 2. The largest absolute Gasteiger partial charge is 0.492 e. The molecular weight excluding hydrogens is 1080 g/mol. The molecule has 7 heterocycles. The van der Waals surface area contributed by atoms with Crippen LogP contribution >= 0.6 is 11.3 Å². The number of thiazole rings is 1. The van der Waals surface area contributed by atoms with E-state index in [1.54, 1.807) is 34.6 Å². The second-order valence-corrected chi connectivity index (χ2v) is 24.4. The Labute approximate surface area is 487 Å². The van der Waals surface area contributed by atoms with Crippen LogP contribution in [-0.2, 0) is 25.7 Å². The highest BCUT2D eigenvalue weighted by molar-refractivity contribution is 7.13. The first kappa shape index (κ1) is 60.1. The number of piperidine rings is 1. The molecule has 440 valence electrons. The van der Waals surface area contributed by atoms with E-state index in [4.69, 9.17) is 9.72 Å². The predicted octanol–water partition coefficient (Wildman–Crippen LogP) is 7.89. The molecule has 3 saturated heterocycles. The molecular formula is C62H75F2N11O7S. The van der Waals surface area contributed by atoms with E-state index in [2.05, 4.69) is 37.1 Å². The minimum Gasteiger partial charge on any atom is -0.492 e. The molecule has 3 aliphatic rings. The van der Waals surface area contributed by atoms with Crippen molar-refractivity contribution in [2.75, 3.05) is 57.3 Å². The van der Waals surface area contributed by atoms with Crippen LogP contribution in [0.25, 0.3) is 38.4 Å². The molecule has 0 spiro atoms. The molecule has 6 aromatic rings. The number of halogens is 2. The zero-order chi connectivity index (χ0) is 59.4. The summed E-state index contributed by atoms with van der Waals surface area (Å²) in [5.41, 5.74) is 4.59. The molecule has 0 unspecified atom stereocenters. The molecule has 3 aliphatic heterocycles. The van der Waals surface area contributed by atoms with Crippen molar-refractivity contribution in [1.82, 2.24) is 49.8 Å². The standard InChI is InChI=1S/C62H75F2N11O7S/c1-10-50(78)72-27-28-73(38(5)32-72)57-44-30-46(64)53(69-58(44)75(61(81)70-57)54-37(4)20-23-65-52(54)36(2)3)51-45(63)13-11-14-48(51)82-34-41-21-25-71(26-22-41)24-12-15-49(77)68-56(62(7,8)9)60(80)74-33-43(76)29-47(74)59(79)66-31-40-16-18-42(19-17-40)55-39(6)67-35-83-55/h10-11,13-14,16-20,23,30,35-36,38,41,43,47,56,76H,1,12,15,21-22,24-29,31-34H2,2-9H3,(H,66,79)(H,68,77)/t38-,43+,47-,56+/m0/s1. The van der Waals surface area contributed by atoms with Gasteiger partial charge in [-0.05, 0) is 124 Å². The Hall–Kier alpha value is -7.49. The Morgan fingerprint density at radius 3 is 2.39 bits per heavy atom. The lowest BCUT2D eigenvalue weighted by Gasteiger charge is -2.40. The highest BCUT2D eigenvalue weighted by atomic mass is 32.1. The van der Waals surface area contributed by atoms with Crippen LogP contribution < -0.4 is 26.0 Å². The van der Waals surface area contributed by atoms with Crippen LogP contribution in [0.5, 0.6) is 5.75 Å². The van der Waals surface area contributed by atoms with Crippen molar-refractivity contribution in [2.45, 2.75) is 124 Å². The van der Waals surface area contributed by atoms with Gasteiger partial charge < -0.3 is 40.1 Å². The number of likely N-dealkylation sites (tertiary alicyclic amines) is 2. The lowest BCUT2D eigenvalue weighted by atomic mass is 9.85. The lowest BCUT2D eigenvalue weighted by Crippen LogP contribution is -2.57. The molecule has 0 saturated carbocycles. The number of carbonyl (C=O) groups is 4. The molecule has 9 rings (SSSR count). The Balaban J connectivity index is 0.825. The zero-order valence-corrected chi connectivity index (χ0v) is 49.4. The minimum atomic E-state index is -0.944. The van der Waals surface area contributed by atoms with Gasteiger partial charge in [0.2, 0.25) is 23.6 Å². The number of hydrogen-bond donors (Lipinski definition) is 3. The number of pyridine rings is 2. The van der Waals surface area contributed by atoms with Gasteiger partial charge in [-0.25, -0.2) is 28.1 Å². The second kappa shape index (κ2) is 25.6. The van der Waals surface area contributed by atoms with Gasteiger partial charge in [0.05, 0.1) is 51.1 Å². The highest BCUT2D eigenvalue weighted by Crippen LogP contribution is 2.39. The molecule has 3 N–H and O–H groups in total. The van der Waals surface area contributed by atoms with Crippen molar-refractivity contribution in [3.63, 3.8) is 0 Å². The normalized spacial score (nSPS) is 18.4. The predicted molar refractivity (Wildman–Crippen MR) is 316 cm³/mol. The van der Waals surface area contributed by atoms with E-state index in [1.165, 1.54) is 33.7 Å². The first-order valence-electron chi connectivity index (χ1n) is 28.6. The van der Waals surface area contributed by atoms with E-state index in [0.29, 0.717) is 62.6 Å². The average Bonchev–Trinajstić information content (AvgIpc) is 1.93. The Morgan fingerprint density at radius 1 is 0.964 bits per heavy atom. The number of anilines is 1.